The lowest BCUT2D eigenvalue weighted by atomic mass is 10.3. The van der Waals surface area contributed by atoms with Gasteiger partial charge >= 0.3 is 6.03 Å². The van der Waals surface area contributed by atoms with E-state index in [1.165, 1.54) is 4.88 Å². The Bertz CT molecular complexity index is 570. The van der Waals surface area contributed by atoms with Gasteiger partial charge in [0.1, 0.15) is 5.01 Å². The summed E-state index contributed by atoms with van der Waals surface area (Å²) in [4.78, 5) is 33.7. The van der Waals surface area contributed by atoms with Crippen molar-refractivity contribution in [2.75, 3.05) is 26.2 Å². The Morgan fingerprint density at radius 2 is 2.00 bits per heavy atom. The first kappa shape index (κ1) is 16.2. The summed E-state index contributed by atoms with van der Waals surface area (Å²) in [6, 6.07) is -0.0565. The molecule has 3 amide bonds. The number of nitrogens with zero attached hydrogens (tertiary/aromatic N) is 3. The van der Waals surface area contributed by atoms with E-state index in [4.69, 9.17) is 0 Å². The zero-order valence-electron chi connectivity index (χ0n) is 13.6. The quantitative estimate of drug-likeness (QED) is 0.913. The van der Waals surface area contributed by atoms with Crippen LogP contribution >= 0.6 is 11.3 Å². The van der Waals surface area contributed by atoms with E-state index in [2.05, 4.69) is 17.2 Å². The lowest BCUT2D eigenvalue weighted by Crippen LogP contribution is -2.42. The maximum absolute atomic E-state index is 12.3. The summed E-state index contributed by atoms with van der Waals surface area (Å²) >= 11 is 1.64. The number of hydrogen-bond acceptors (Lipinski definition) is 4. The average molecular weight is 336 g/mol. The third-order valence-electron chi connectivity index (χ3n) is 4.36. The molecule has 23 heavy (non-hydrogen) atoms. The molecular formula is C16H24N4O2S. The third-order valence-corrected chi connectivity index (χ3v) is 5.50. The Morgan fingerprint density at radius 1 is 1.26 bits per heavy atom. The van der Waals surface area contributed by atoms with Gasteiger partial charge in [-0.1, -0.05) is 6.92 Å². The highest BCUT2D eigenvalue weighted by Crippen LogP contribution is 2.31. The summed E-state index contributed by atoms with van der Waals surface area (Å²) in [5.41, 5.74) is 0. The minimum absolute atomic E-state index is 0.0565. The van der Waals surface area contributed by atoms with Crippen LogP contribution in [0.25, 0.3) is 0 Å². The van der Waals surface area contributed by atoms with E-state index in [9.17, 15) is 9.59 Å². The predicted molar refractivity (Wildman–Crippen MR) is 89.2 cm³/mol. The van der Waals surface area contributed by atoms with E-state index in [1.54, 1.807) is 11.3 Å². The van der Waals surface area contributed by atoms with Gasteiger partial charge in [0.25, 0.3) is 0 Å². The van der Waals surface area contributed by atoms with Crippen LogP contribution in [0.4, 0.5) is 4.79 Å². The van der Waals surface area contributed by atoms with Crippen LogP contribution in [0.2, 0.25) is 0 Å². The fourth-order valence-electron chi connectivity index (χ4n) is 2.79. The topological polar surface area (TPSA) is 65.5 Å². The van der Waals surface area contributed by atoms with Gasteiger partial charge in [-0.05, 0) is 25.7 Å². The van der Waals surface area contributed by atoms with Crippen LogP contribution in [0.15, 0.2) is 6.20 Å². The Morgan fingerprint density at radius 3 is 2.70 bits per heavy atom. The Balaban J connectivity index is 1.46. The molecule has 0 unspecified atom stereocenters. The number of nitrogens with one attached hydrogen (secondary N) is 1. The molecule has 6 nitrogen and oxygen atoms in total. The molecule has 0 radical (unpaired) electrons. The smallest absolute Gasteiger partial charge is 0.317 e. The minimum atomic E-state index is -0.0565. The van der Waals surface area contributed by atoms with Gasteiger partial charge in [-0.3, -0.25) is 4.79 Å². The number of amides is 3. The first-order chi connectivity index (χ1) is 11.2. The van der Waals surface area contributed by atoms with Crippen LogP contribution in [0.5, 0.6) is 0 Å². The number of carbonyl (C=O) groups excluding carboxylic acids is 2. The number of carbonyl (C=O) groups is 2. The first-order valence-corrected chi connectivity index (χ1v) is 9.24. The maximum Gasteiger partial charge on any atom is 0.317 e. The SMILES string of the molecule is CCc1cnc(CNC(=O)N2CCCN(C(=O)C3CC3)CC2)s1. The van der Waals surface area contributed by atoms with Crippen molar-refractivity contribution >= 4 is 23.3 Å². The lowest BCUT2D eigenvalue weighted by molar-refractivity contribution is -0.132. The number of rotatable bonds is 4. The fourth-order valence-corrected chi connectivity index (χ4v) is 3.59. The Hall–Kier alpha value is -1.63. The molecule has 0 spiro atoms. The van der Waals surface area contributed by atoms with E-state index >= 15 is 0 Å². The molecule has 1 aromatic heterocycles. The molecule has 0 atom stereocenters. The van der Waals surface area contributed by atoms with Gasteiger partial charge in [0.15, 0.2) is 0 Å². The number of hydrogen-bond donors (Lipinski definition) is 1. The van der Waals surface area contributed by atoms with Crippen molar-refractivity contribution in [3.8, 4) is 0 Å². The van der Waals surface area contributed by atoms with E-state index in [-0.39, 0.29) is 17.9 Å². The molecule has 0 bridgehead atoms. The molecule has 0 aromatic carbocycles. The molecular weight excluding hydrogens is 312 g/mol. The molecule has 7 heteroatoms. The minimum Gasteiger partial charge on any atom is -0.341 e. The molecule has 126 valence electrons. The highest BCUT2D eigenvalue weighted by molar-refractivity contribution is 7.11. The van der Waals surface area contributed by atoms with Crippen molar-refractivity contribution in [2.24, 2.45) is 5.92 Å². The standard InChI is InChI=1S/C16H24N4O2S/c1-2-13-10-17-14(23-13)11-18-16(22)20-7-3-6-19(8-9-20)15(21)12-4-5-12/h10,12H,2-9,11H2,1H3,(H,18,22). The molecule has 1 aliphatic carbocycles. The van der Waals surface area contributed by atoms with Crippen LogP contribution < -0.4 is 5.32 Å². The fraction of sp³-hybridized carbons (Fsp3) is 0.688. The largest absolute Gasteiger partial charge is 0.341 e. The van der Waals surface area contributed by atoms with Gasteiger partial charge in [0.05, 0.1) is 6.54 Å². The van der Waals surface area contributed by atoms with Gasteiger partial charge in [-0.2, -0.15) is 0 Å². The number of thiazole rings is 1. The van der Waals surface area contributed by atoms with E-state index in [0.29, 0.717) is 26.2 Å². The predicted octanol–water partition coefficient (Wildman–Crippen LogP) is 1.86. The average Bonchev–Trinajstić information content (AvgIpc) is 3.35. The normalized spacial score (nSPS) is 18.7. The number of urea groups is 1. The Kier molecular flexibility index (Phi) is 5.15. The monoisotopic (exact) mass is 336 g/mol. The molecule has 1 N–H and O–H groups in total. The number of aryl methyl sites for hydroxylation is 1. The van der Waals surface area contributed by atoms with Gasteiger partial charge in [-0.15, -0.1) is 11.3 Å². The highest BCUT2D eigenvalue weighted by atomic mass is 32.1. The summed E-state index contributed by atoms with van der Waals surface area (Å²) in [6.45, 7) is 5.32. The molecule has 1 saturated carbocycles. The maximum atomic E-state index is 12.3. The van der Waals surface area contributed by atoms with Crippen molar-refractivity contribution in [3.63, 3.8) is 0 Å². The van der Waals surface area contributed by atoms with Crippen molar-refractivity contribution in [2.45, 2.75) is 39.2 Å². The van der Waals surface area contributed by atoms with E-state index in [0.717, 1.165) is 37.2 Å². The zero-order valence-corrected chi connectivity index (χ0v) is 14.4. The van der Waals surface area contributed by atoms with Crippen molar-refractivity contribution in [3.05, 3.63) is 16.1 Å². The summed E-state index contributed by atoms with van der Waals surface area (Å²) in [5.74, 6) is 0.537. The third kappa shape index (κ3) is 4.22. The molecule has 2 aliphatic rings. The molecule has 1 aromatic rings. The summed E-state index contributed by atoms with van der Waals surface area (Å²) in [5, 5.41) is 3.88. The summed E-state index contributed by atoms with van der Waals surface area (Å²) in [6.07, 6.45) is 5.77. The van der Waals surface area contributed by atoms with E-state index in [1.807, 2.05) is 16.0 Å². The van der Waals surface area contributed by atoms with Crippen LogP contribution in [0.3, 0.4) is 0 Å². The highest BCUT2D eigenvalue weighted by Gasteiger charge is 2.34. The summed E-state index contributed by atoms with van der Waals surface area (Å²) < 4.78 is 0. The molecule has 1 aliphatic heterocycles. The zero-order chi connectivity index (χ0) is 16.2. The van der Waals surface area contributed by atoms with Gasteiger partial charge < -0.3 is 15.1 Å². The molecule has 2 fully saturated rings. The van der Waals surface area contributed by atoms with Crippen molar-refractivity contribution in [1.29, 1.82) is 0 Å². The van der Waals surface area contributed by atoms with Crippen molar-refractivity contribution in [1.82, 2.24) is 20.1 Å². The van der Waals surface area contributed by atoms with Crippen LogP contribution in [-0.2, 0) is 17.8 Å². The van der Waals surface area contributed by atoms with Gasteiger partial charge in [-0.25, -0.2) is 9.78 Å². The Labute approximate surface area is 140 Å². The first-order valence-electron chi connectivity index (χ1n) is 8.42. The van der Waals surface area contributed by atoms with Crippen molar-refractivity contribution < 1.29 is 9.59 Å². The second-order valence-electron chi connectivity index (χ2n) is 6.17. The molecule has 1 saturated heterocycles. The van der Waals surface area contributed by atoms with Crippen LogP contribution in [-0.4, -0.2) is 52.9 Å². The second kappa shape index (κ2) is 7.29. The van der Waals surface area contributed by atoms with Gasteiger partial charge in [0, 0.05) is 43.2 Å². The van der Waals surface area contributed by atoms with Gasteiger partial charge in [0.2, 0.25) is 5.91 Å². The van der Waals surface area contributed by atoms with Crippen LogP contribution in [0.1, 0.15) is 36.1 Å². The molecule has 2 heterocycles. The molecule has 3 rings (SSSR count). The number of aromatic nitrogens is 1. The lowest BCUT2D eigenvalue weighted by Gasteiger charge is -2.22. The van der Waals surface area contributed by atoms with Crippen LogP contribution in [0, 0.1) is 5.92 Å². The summed E-state index contributed by atoms with van der Waals surface area (Å²) in [7, 11) is 0. The second-order valence-corrected chi connectivity index (χ2v) is 7.37. The van der Waals surface area contributed by atoms with E-state index < -0.39 is 0 Å².